The summed E-state index contributed by atoms with van der Waals surface area (Å²) in [7, 11) is 0. The molecule has 0 aromatic carbocycles. The monoisotopic (exact) mass is 646 g/mol. The maximum atomic E-state index is 9.29. The number of carboxylic acid groups (broad SMARTS) is 6. The van der Waals surface area contributed by atoms with Crippen molar-refractivity contribution in [3.05, 3.63) is 11.8 Å². The van der Waals surface area contributed by atoms with Crippen molar-refractivity contribution < 1.29 is 74.4 Å². The Bertz CT molecular complexity index is 540. The molecule has 0 saturated carbocycles. The number of allylic oxidation sites excluding steroid dienone is 1. The van der Waals surface area contributed by atoms with Crippen LogP contribution in [0, 0.1) is 0 Å². The molecule has 0 aromatic rings. The van der Waals surface area contributed by atoms with Gasteiger partial charge in [0.25, 0.3) is 23.9 Å². The van der Waals surface area contributed by atoms with Crippen LogP contribution in [-0.2, 0) is 33.5 Å². The minimum atomic E-state index is -0.881. The molecule has 41 heavy (non-hydrogen) atoms. The molecular formula is C22H50N2O15S2. The number of nitrogens with two attached hydrogens (primary N) is 2. The Labute approximate surface area is 251 Å². The van der Waals surface area contributed by atoms with E-state index < -0.39 is 35.8 Å². The largest absolute Gasteiger partial charge is 0.510 e. The van der Waals surface area contributed by atoms with Crippen molar-refractivity contribution in [1.82, 2.24) is 0 Å². The third-order valence-electron chi connectivity index (χ3n) is 1.34. The highest BCUT2D eigenvalue weighted by Gasteiger charge is 1.82. The molecule has 0 aliphatic carbocycles. The number of aliphatic carboxylic acids is 6. The lowest BCUT2D eigenvalue weighted by Crippen LogP contribution is -2.11. The van der Waals surface area contributed by atoms with Gasteiger partial charge in [0.1, 0.15) is 5.76 Å². The van der Waals surface area contributed by atoms with Crippen molar-refractivity contribution >= 4 is 61.1 Å². The SMILES string of the molecule is CC(=O)O.CC(=O)O.CC(=O)O.CC(=O)O.CC=C(O)CO.CCOCC.NCCN.O=C(O)CS.O=C(O)CS. The summed E-state index contributed by atoms with van der Waals surface area (Å²) in [5, 5.41) is 61.3. The fraction of sp³-hybridized carbons (Fsp3) is 0.636. The average molecular weight is 647 g/mol. The van der Waals surface area contributed by atoms with Gasteiger partial charge in [0.05, 0.1) is 18.1 Å². The second-order valence-electron chi connectivity index (χ2n) is 5.48. The molecule has 12 N–H and O–H groups in total. The molecule has 0 amide bonds. The molecule has 0 aliphatic heterocycles. The number of hydrogen-bond donors (Lipinski definition) is 12. The van der Waals surface area contributed by atoms with Gasteiger partial charge in [-0.25, -0.2) is 0 Å². The summed E-state index contributed by atoms with van der Waals surface area (Å²) in [5.74, 6) is -5.24. The third-order valence-corrected chi connectivity index (χ3v) is 1.88. The van der Waals surface area contributed by atoms with Crippen molar-refractivity contribution in [2.24, 2.45) is 11.5 Å². The molecule has 0 saturated heterocycles. The van der Waals surface area contributed by atoms with E-state index in [9.17, 15) is 9.59 Å². The quantitative estimate of drug-likeness (QED) is 0.140. The van der Waals surface area contributed by atoms with Crippen molar-refractivity contribution in [1.29, 1.82) is 0 Å². The second kappa shape index (κ2) is 65.7. The van der Waals surface area contributed by atoms with E-state index in [1.165, 1.54) is 6.08 Å². The van der Waals surface area contributed by atoms with Crippen LogP contribution in [0.4, 0.5) is 0 Å². The highest BCUT2D eigenvalue weighted by Crippen LogP contribution is 1.79. The van der Waals surface area contributed by atoms with Gasteiger partial charge >= 0.3 is 11.9 Å². The minimum Gasteiger partial charge on any atom is -0.510 e. The number of aliphatic hydroxyl groups is 2. The maximum Gasteiger partial charge on any atom is 0.313 e. The van der Waals surface area contributed by atoms with Crippen LogP contribution in [0.25, 0.3) is 0 Å². The van der Waals surface area contributed by atoms with Gasteiger partial charge < -0.3 is 57.1 Å². The first kappa shape index (κ1) is 61.8. The molecule has 0 heterocycles. The maximum absolute atomic E-state index is 9.29. The molecule has 0 aromatic heterocycles. The molecule has 0 unspecified atom stereocenters. The van der Waals surface area contributed by atoms with Crippen molar-refractivity contribution in [3.8, 4) is 0 Å². The second-order valence-corrected chi connectivity index (χ2v) is 6.11. The lowest BCUT2D eigenvalue weighted by Gasteiger charge is -1.86. The Morgan fingerprint density at radius 2 is 0.805 bits per heavy atom. The van der Waals surface area contributed by atoms with Gasteiger partial charge in [0.2, 0.25) is 0 Å². The zero-order valence-electron chi connectivity index (χ0n) is 24.5. The molecule has 0 aliphatic rings. The van der Waals surface area contributed by atoms with Gasteiger partial charge in [-0.2, -0.15) is 25.3 Å². The van der Waals surface area contributed by atoms with E-state index in [1.807, 2.05) is 13.8 Å². The fourth-order valence-electron chi connectivity index (χ4n) is 0.295. The summed E-state index contributed by atoms with van der Waals surface area (Å²) < 4.78 is 4.83. The first-order valence-corrected chi connectivity index (χ1v) is 12.2. The normalized spacial score (nSPS) is 7.76. The number of aliphatic hydroxyl groups excluding tert-OH is 2. The summed E-state index contributed by atoms with van der Waals surface area (Å²) in [4.78, 5) is 54.6. The Kier molecular flexibility index (Phi) is 99.0. The number of hydrogen-bond acceptors (Lipinski definition) is 13. The molecular weight excluding hydrogens is 596 g/mol. The lowest BCUT2D eigenvalue weighted by atomic mass is 10.5. The average Bonchev–Trinajstić information content (AvgIpc) is 2.83. The van der Waals surface area contributed by atoms with Crippen molar-refractivity contribution in [3.63, 3.8) is 0 Å². The predicted molar refractivity (Wildman–Crippen MR) is 160 cm³/mol. The van der Waals surface area contributed by atoms with Crippen LogP contribution < -0.4 is 11.5 Å². The van der Waals surface area contributed by atoms with E-state index >= 15 is 0 Å². The van der Waals surface area contributed by atoms with E-state index in [0.717, 1.165) is 40.9 Å². The zero-order chi connectivity index (χ0) is 35.4. The van der Waals surface area contributed by atoms with Gasteiger partial charge in [-0.3, -0.25) is 28.8 Å². The van der Waals surface area contributed by atoms with Crippen LogP contribution in [0.2, 0.25) is 0 Å². The van der Waals surface area contributed by atoms with E-state index in [0.29, 0.717) is 13.1 Å². The summed E-state index contributed by atoms with van der Waals surface area (Å²) in [6.45, 7) is 12.6. The first-order valence-electron chi connectivity index (χ1n) is 11.0. The molecule has 17 nitrogen and oxygen atoms in total. The number of rotatable bonds is 6. The minimum absolute atomic E-state index is 0.0231. The highest BCUT2D eigenvalue weighted by atomic mass is 32.1. The van der Waals surface area contributed by atoms with E-state index in [4.69, 9.17) is 76.2 Å². The zero-order valence-corrected chi connectivity index (χ0v) is 26.3. The van der Waals surface area contributed by atoms with Crippen LogP contribution in [0.5, 0.6) is 0 Å². The fourth-order valence-corrected chi connectivity index (χ4v) is 0.295. The smallest absolute Gasteiger partial charge is 0.313 e. The lowest BCUT2D eigenvalue weighted by molar-refractivity contribution is -0.135. The van der Waals surface area contributed by atoms with Crippen LogP contribution in [-0.4, -0.2) is 121 Å². The summed E-state index contributed by atoms with van der Waals surface area (Å²) >= 11 is 6.83. The standard InChI is InChI=1S/C4H8O2.C4H10O.C2H8N2.2C2H4O2S.4C2H4O2/c1-2-4(6)3-5;1-3-5-4-2;3-1-2-4;2*3-2(4)1-5;4*1-2(3)4/h2,5-6H,3H2,1H3;3-4H2,1-2H3;1-4H2;2*5H,1H2,(H,3,4);4*1H3,(H,3,4). The summed E-state index contributed by atoms with van der Waals surface area (Å²) in [6, 6.07) is 0. The Balaban J connectivity index is -0.0000000403. The van der Waals surface area contributed by atoms with Gasteiger partial charge in [-0.15, -0.1) is 0 Å². The Morgan fingerprint density at radius 3 is 0.805 bits per heavy atom. The van der Waals surface area contributed by atoms with Crippen LogP contribution in [0.3, 0.4) is 0 Å². The number of ether oxygens (including phenoxy) is 1. The highest BCUT2D eigenvalue weighted by molar-refractivity contribution is 7.81. The topological polar surface area (TPSA) is 326 Å². The van der Waals surface area contributed by atoms with Crippen molar-refractivity contribution in [2.45, 2.75) is 48.5 Å². The molecule has 250 valence electrons. The van der Waals surface area contributed by atoms with Crippen LogP contribution >= 0.6 is 25.3 Å². The van der Waals surface area contributed by atoms with Crippen LogP contribution in [0.15, 0.2) is 11.8 Å². The van der Waals surface area contributed by atoms with Crippen LogP contribution in [0.1, 0.15) is 48.5 Å². The van der Waals surface area contributed by atoms with Gasteiger partial charge in [-0.1, -0.05) is 0 Å². The number of thiol groups is 2. The molecule has 0 fully saturated rings. The molecule has 0 bridgehead atoms. The first-order chi connectivity index (χ1) is 18.6. The van der Waals surface area contributed by atoms with E-state index in [2.05, 4.69) is 25.3 Å². The summed E-state index contributed by atoms with van der Waals surface area (Å²) in [6.07, 6.45) is 1.44. The molecule has 0 atom stereocenters. The number of carboxylic acids is 6. The van der Waals surface area contributed by atoms with Gasteiger partial charge in [0.15, 0.2) is 0 Å². The van der Waals surface area contributed by atoms with Gasteiger partial charge in [0, 0.05) is 54.0 Å². The Morgan fingerprint density at radius 1 is 0.634 bits per heavy atom. The molecule has 19 heteroatoms. The Hall–Kier alpha value is -3.10. The van der Waals surface area contributed by atoms with E-state index in [-0.39, 0.29) is 23.9 Å². The van der Waals surface area contributed by atoms with E-state index in [1.54, 1.807) is 6.92 Å². The van der Waals surface area contributed by atoms with Gasteiger partial charge in [-0.05, 0) is 26.8 Å². The third kappa shape index (κ3) is 720. The predicted octanol–water partition coefficient (Wildman–Crippen LogP) is 0.752. The summed E-state index contributed by atoms with van der Waals surface area (Å²) in [5.41, 5.74) is 9.81. The van der Waals surface area contributed by atoms with Crippen molar-refractivity contribution in [2.75, 3.05) is 44.4 Å². The molecule has 0 radical (unpaired) electrons. The molecule has 0 spiro atoms. The molecule has 0 rings (SSSR count). The number of carbonyl (C=O) groups is 6.